The van der Waals surface area contributed by atoms with Gasteiger partial charge in [-0.25, -0.2) is 0 Å². The molecule has 1 atom stereocenters. The Morgan fingerprint density at radius 2 is 1.78 bits per heavy atom. The molecule has 2 N–H and O–H groups in total. The average molecular weight is 260 g/mol. The zero-order valence-electron chi connectivity index (χ0n) is 11.0. The molecule has 2 heteroatoms. The summed E-state index contributed by atoms with van der Waals surface area (Å²) in [5.41, 5.74) is 12.2. The molecule has 2 aromatic rings. The van der Waals surface area contributed by atoms with E-state index in [0.717, 1.165) is 21.7 Å². The molecule has 0 bridgehead atoms. The number of hydrogen-bond acceptors (Lipinski definition) is 1. The summed E-state index contributed by atoms with van der Waals surface area (Å²) in [6.45, 7) is 6.25. The van der Waals surface area contributed by atoms with Crippen molar-refractivity contribution in [3.05, 3.63) is 69.2 Å². The minimum absolute atomic E-state index is 0.123. The van der Waals surface area contributed by atoms with E-state index in [1.54, 1.807) is 0 Å². The molecule has 0 fully saturated rings. The number of aryl methyl sites for hydroxylation is 2. The normalized spacial score (nSPS) is 12.5. The summed E-state index contributed by atoms with van der Waals surface area (Å²) in [5.74, 6) is 0. The smallest absolute Gasteiger partial charge is 0.0554 e. The summed E-state index contributed by atoms with van der Waals surface area (Å²) in [7, 11) is 0. The van der Waals surface area contributed by atoms with Crippen LogP contribution in [0.15, 0.2) is 36.4 Å². The molecular formula is C16H18ClN. The third-order valence-corrected chi connectivity index (χ3v) is 3.62. The monoisotopic (exact) mass is 259 g/mol. The fraction of sp³-hybridized carbons (Fsp3) is 0.250. The van der Waals surface area contributed by atoms with E-state index in [-0.39, 0.29) is 6.04 Å². The van der Waals surface area contributed by atoms with Crippen LogP contribution in [0.4, 0.5) is 0 Å². The quantitative estimate of drug-likeness (QED) is 0.854. The van der Waals surface area contributed by atoms with Gasteiger partial charge in [0.1, 0.15) is 0 Å². The van der Waals surface area contributed by atoms with Crippen LogP contribution in [0.25, 0.3) is 0 Å². The summed E-state index contributed by atoms with van der Waals surface area (Å²) in [4.78, 5) is 0. The molecule has 94 valence electrons. The van der Waals surface area contributed by atoms with Gasteiger partial charge >= 0.3 is 0 Å². The zero-order chi connectivity index (χ0) is 13.3. The lowest BCUT2D eigenvalue weighted by Gasteiger charge is -2.17. The van der Waals surface area contributed by atoms with Crippen molar-refractivity contribution in [2.45, 2.75) is 26.8 Å². The highest BCUT2D eigenvalue weighted by Crippen LogP contribution is 2.27. The van der Waals surface area contributed by atoms with Crippen molar-refractivity contribution in [1.29, 1.82) is 0 Å². The molecule has 0 radical (unpaired) electrons. The van der Waals surface area contributed by atoms with Gasteiger partial charge in [0.25, 0.3) is 0 Å². The van der Waals surface area contributed by atoms with Gasteiger partial charge in [0, 0.05) is 5.02 Å². The van der Waals surface area contributed by atoms with Gasteiger partial charge in [0.2, 0.25) is 0 Å². The molecule has 0 aliphatic carbocycles. The number of hydrogen-bond donors (Lipinski definition) is 1. The third kappa shape index (κ3) is 2.58. The molecule has 0 saturated heterocycles. The summed E-state index contributed by atoms with van der Waals surface area (Å²) in [6, 6.07) is 12.1. The van der Waals surface area contributed by atoms with Gasteiger partial charge in [-0.3, -0.25) is 0 Å². The highest BCUT2D eigenvalue weighted by Gasteiger charge is 2.13. The number of nitrogens with two attached hydrogens (primary N) is 1. The van der Waals surface area contributed by atoms with E-state index in [1.807, 2.05) is 19.1 Å². The van der Waals surface area contributed by atoms with Gasteiger partial charge in [0.05, 0.1) is 6.04 Å². The molecular weight excluding hydrogens is 242 g/mol. The Kier molecular flexibility index (Phi) is 3.74. The van der Waals surface area contributed by atoms with E-state index in [2.05, 4.69) is 38.1 Å². The lowest BCUT2D eigenvalue weighted by atomic mass is 9.93. The maximum atomic E-state index is 6.37. The lowest BCUT2D eigenvalue weighted by molar-refractivity contribution is 0.857. The zero-order valence-corrected chi connectivity index (χ0v) is 11.8. The predicted octanol–water partition coefficient (Wildman–Crippen LogP) is 4.31. The van der Waals surface area contributed by atoms with Crippen LogP contribution in [0.1, 0.15) is 33.9 Å². The van der Waals surface area contributed by atoms with Gasteiger partial charge in [-0.05, 0) is 60.7 Å². The standard InChI is InChI=1S/C16H18ClN/c1-10-7-13(9-14(17)8-10)16(18)15-6-4-5-11(2)12(15)3/h4-9,16H,18H2,1-3H3. The van der Waals surface area contributed by atoms with Crippen LogP contribution in [0.5, 0.6) is 0 Å². The first-order chi connectivity index (χ1) is 8.49. The lowest BCUT2D eigenvalue weighted by Crippen LogP contribution is -2.14. The van der Waals surface area contributed by atoms with Gasteiger partial charge < -0.3 is 5.73 Å². The van der Waals surface area contributed by atoms with Crippen LogP contribution in [0, 0.1) is 20.8 Å². The minimum atomic E-state index is -0.123. The Labute approximate surface area is 114 Å². The predicted molar refractivity (Wildman–Crippen MR) is 78.1 cm³/mol. The van der Waals surface area contributed by atoms with E-state index in [4.69, 9.17) is 17.3 Å². The summed E-state index contributed by atoms with van der Waals surface area (Å²) < 4.78 is 0. The molecule has 1 unspecified atom stereocenters. The van der Waals surface area contributed by atoms with E-state index < -0.39 is 0 Å². The van der Waals surface area contributed by atoms with E-state index >= 15 is 0 Å². The van der Waals surface area contributed by atoms with Crippen LogP contribution < -0.4 is 5.73 Å². The Morgan fingerprint density at radius 1 is 1.06 bits per heavy atom. The second-order valence-corrected chi connectivity index (χ2v) is 5.27. The summed E-state index contributed by atoms with van der Waals surface area (Å²) in [5, 5.41) is 0.741. The fourth-order valence-electron chi connectivity index (χ4n) is 2.23. The Balaban J connectivity index is 2.47. The maximum absolute atomic E-state index is 6.37. The summed E-state index contributed by atoms with van der Waals surface area (Å²) in [6.07, 6.45) is 0. The van der Waals surface area contributed by atoms with Gasteiger partial charge in [-0.2, -0.15) is 0 Å². The molecule has 18 heavy (non-hydrogen) atoms. The Morgan fingerprint density at radius 3 is 2.44 bits per heavy atom. The SMILES string of the molecule is Cc1cc(Cl)cc(C(N)c2cccc(C)c2C)c1. The van der Waals surface area contributed by atoms with Crippen molar-refractivity contribution in [3.8, 4) is 0 Å². The van der Waals surface area contributed by atoms with Crippen molar-refractivity contribution in [2.24, 2.45) is 5.73 Å². The van der Waals surface area contributed by atoms with Crippen LogP contribution in [0.3, 0.4) is 0 Å². The van der Waals surface area contributed by atoms with Crippen LogP contribution >= 0.6 is 11.6 Å². The number of halogens is 1. The molecule has 2 aromatic carbocycles. The van der Waals surface area contributed by atoms with Crippen LogP contribution in [-0.2, 0) is 0 Å². The van der Waals surface area contributed by atoms with Gasteiger partial charge in [0.15, 0.2) is 0 Å². The second kappa shape index (κ2) is 5.13. The maximum Gasteiger partial charge on any atom is 0.0554 e. The molecule has 1 nitrogen and oxygen atoms in total. The first-order valence-corrected chi connectivity index (χ1v) is 6.45. The highest BCUT2D eigenvalue weighted by molar-refractivity contribution is 6.30. The van der Waals surface area contributed by atoms with Crippen molar-refractivity contribution in [3.63, 3.8) is 0 Å². The van der Waals surface area contributed by atoms with Crippen LogP contribution in [-0.4, -0.2) is 0 Å². The summed E-state index contributed by atoms with van der Waals surface area (Å²) >= 11 is 6.10. The molecule has 0 aromatic heterocycles. The van der Waals surface area contributed by atoms with E-state index in [9.17, 15) is 0 Å². The first-order valence-electron chi connectivity index (χ1n) is 6.08. The average Bonchev–Trinajstić information content (AvgIpc) is 2.30. The van der Waals surface area contributed by atoms with E-state index in [1.165, 1.54) is 11.1 Å². The fourth-order valence-corrected chi connectivity index (χ4v) is 2.53. The first kappa shape index (κ1) is 13.1. The largest absolute Gasteiger partial charge is 0.320 e. The van der Waals surface area contributed by atoms with E-state index in [0.29, 0.717) is 0 Å². The molecule has 0 aliphatic rings. The Hall–Kier alpha value is -1.31. The highest BCUT2D eigenvalue weighted by atomic mass is 35.5. The molecule has 0 spiro atoms. The molecule has 0 amide bonds. The van der Waals surface area contributed by atoms with Crippen molar-refractivity contribution >= 4 is 11.6 Å². The number of rotatable bonds is 2. The van der Waals surface area contributed by atoms with Crippen molar-refractivity contribution < 1.29 is 0 Å². The number of benzene rings is 2. The van der Waals surface area contributed by atoms with Crippen molar-refractivity contribution in [1.82, 2.24) is 0 Å². The van der Waals surface area contributed by atoms with Gasteiger partial charge in [-0.15, -0.1) is 0 Å². The molecule has 0 saturated carbocycles. The second-order valence-electron chi connectivity index (χ2n) is 4.83. The third-order valence-electron chi connectivity index (χ3n) is 3.41. The topological polar surface area (TPSA) is 26.0 Å². The molecule has 2 rings (SSSR count). The van der Waals surface area contributed by atoms with Gasteiger partial charge in [-0.1, -0.05) is 35.9 Å². The van der Waals surface area contributed by atoms with Crippen LogP contribution in [0.2, 0.25) is 5.02 Å². The molecule has 0 aliphatic heterocycles. The minimum Gasteiger partial charge on any atom is -0.320 e. The molecule has 0 heterocycles. The Bertz CT molecular complexity index is 555. The van der Waals surface area contributed by atoms with Crippen molar-refractivity contribution in [2.75, 3.05) is 0 Å².